The number of nitrogens with one attached hydrogen (secondary N) is 1. The molecule has 1 unspecified atom stereocenters. The van der Waals surface area contributed by atoms with Crippen LogP contribution in [-0.2, 0) is 10.0 Å². The molecule has 0 amide bonds. The largest absolute Gasteiger partial charge is 0.299 e. The maximum atomic E-state index is 12.7. The molecule has 2 heterocycles. The highest BCUT2D eigenvalue weighted by Gasteiger charge is 2.21. The first-order chi connectivity index (χ1) is 11.5. The maximum Gasteiger partial charge on any atom is 0.241 e. The van der Waals surface area contributed by atoms with Crippen LogP contribution in [0.2, 0.25) is 0 Å². The van der Waals surface area contributed by atoms with E-state index < -0.39 is 10.0 Å². The number of hydrogen-bond acceptors (Lipinski definition) is 4. The average molecular weight is 347 g/mol. The van der Waals surface area contributed by atoms with Gasteiger partial charge < -0.3 is 0 Å². The molecule has 130 valence electrons. The predicted octanol–water partition coefficient (Wildman–Crippen LogP) is 2.70. The smallest absolute Gasteiger partial charge is 0.241 e. The number of nitrogens with zero attached hydrogens (tertiary/aromatic N) is 2. The van der Waals surface area contributed by atoms with Crippen LogP contribution in [0.15, 0.2) is 35.4 Å². The first-order valence-corrected chi connectivity index (χ1v) is 10.1. The topological polar surface area (TPSA) is 62.3 Å². The zero-order valence-electron chi connectivity index (χ0n) is 14.3. The van der Waals surface area contributed by atoms with E-state index in [2.05, 4.69) is 21.5 Å². The number of sulfonamides is 1. The van der Waals surface area contributed by atoms with Crippen molar-refractivity contribution in [1.29, 1.82) is 0 Å². The monoisotopic (exact) mass is 347 g/mol. The number of aromatic nitrogens is 1. The minimum absolute atomic E-state index is 0.308. The summed E-state index contributed by atoms with van der Waals surface area (Å²) in [6.07, 6.45) is 5.36. The van der Waals surface area contributed by atoms with Gasteiger partial charge in [-0.25, -0.2) is 13.1 Å². The third kappa shape index (κ3) is 3.61. The van der Waals surface area contributed by atoms with E-state index in [1.165, 1.54) is 19.3 Å². The Labute approximate surface area is 144 Å². The SMILES string of the molecule is Cc1ccc(S(=O)(=O)NCCN2CCCCC2C)c2cccnc12. The molecule has 1 aromatic carbocycles. The number of rotatable bonds is 5. The highest BCUT2D eigenvalue weighted by Crippen LogP contribution is 2.24. The summed E-state index contributed by atoms with van der Waals surface area (Å²) in [7, 11) is -3.54. The van der Waals surface area contributed by atoms with Gasteiger partial charge in [-0.1, -0.05) is 12.5 Å². The molecule has 24 heavy (non-hydrogen) atoms. The summed E-state index contributed by atoms with van der Waals surface area (Å²) in [5.41, 5.74) is 1.72. The molecule has 6 heteroatoms. The summed E-state index contributed by atoms with van der Waals surface area (Å²) in [4.78, 5) is 6.99. The third-order valence-corrected chi connectivity index (χ3v) is 6.37. The number of fused-ring (bicyclic) bond motifs is 1. The summed E-state index contributed by atoms with van der Waals surface area (Å²) < 4.78 is 28.2. The van der Waals surface area contributed by atoms with Crippen molar-refractivity contribution in [2.45, 2.75) is 44.0 Å². The van der Waals surface area contributed by atoms with Gasteiger partial charge in [-0.3, -0.25) is 9.88 Å². The number of pyridine rings is 1. The normalized spacial score (nSPS) is 19.7. The highest BCUT2D eigenvalue weighted by molar-refractivity contribution is 7.89. The Morgan fingerprint density at radius 2 is 2.12 bits per heavy atom. The Morgan fingerprint density at radius 1 is 1.29 bits per heavy atom. The molecule has 1 aromatic heterocycles. The Hall–Kier alpha value is -1.50. The molecule has 1 fully saturated rings. The first kappa shape index (κ1) is 17.3. The highest BCUT2D eigenvalue weighted by atomic mass is 32.2. The van der Waals surface area contributed by atoms with Crippen LogP contribution in [0.25, 0.3) is 10.9 Å². The average Bonchev–Trinajstić information content (AvgIpc) is 2.57. The second-order valence-corrected chi connectivity index (χ2v) is 8.29. The maximum absolute atomic E-state index is 12.7. The number of piperidine rings is 1. The van der Waals surface area contributed by atoms with Crippen LogP contribution in [0, 0.1) is 6.92 Å². The molecule has 0 spiro atoms. The van der Waals surface area contributed by atoms with Crippen LogP contribution in [0.4, 0.5) is 0 Å². The van der Waals surface area contributed by atoms with Crippen molar-refractivity contribution in [2.24, 2.45) is 0 Å². The number of hydrogen-bond donors (Lipinski definition) is 1. The lowest BCUT2D eigenvalue weighted by molar-refractivity contribution is 0.164. The van der Waals surface area contributed by atoms with Crippen molar-refractivity contribution in [3.8, 4) is 0 Å². The number of aryl methyl sites for hydroxylation is 1. The molecule has 1 aliphatic heterocycles. The van der Waals surface area contributed by atoms with Gasteiger partial charge in [0.2, 0.25) is 10.0 Å². The van der Waals surface area contributed by atoms with E-state index in [0.717, 1.165) is 24.2 Å². The van der Waals surface area contributed by atoms with Gasteiger partial charge in [0.05, 0.1) is 10.4 Å². The Balaban J connectivity index is 1.75. The van der Waals surface area contributed by atoms with Crippen LogP contribution in [0.5, 0.6) is 0 Å². The Morgan fingerprint density at radius 3 is 2.92 bits per heavy atom. The Bertz CT molecular complexity index is 820. The van der Waals surface area contributed by atoms with Crippen LogP contribution in [0.3, 0.4) is 0 Å². The lowest BCUT2D eigenvalue weighted by Gasteiger charge is -2.33. The van der Waals surface area contributed by atoms with E-state index >= 15 is 0 Å². The van der Waals surface area contributed by atoms with E-state index in [4.69, 9.17) is 0 Å². The lowest BCUT2D eigenvalue weighted by atomic mass is 10.0. The standard InChI is InChI=1S/C18H25N3O2S/c1-14-8-9-17(16-7-5-10-19-18(14)16)24(22,23)20-11-13-21-12-4-3-6-15(21)2/h5,7-10,15,20H,3-4,6,11-13H2,1-2H3. The van der Waals surface area contributed by atoms with E-state index in [1.54, 1.807) is 18.3 Å². The third-order valence-electron chi connectivity index (χ3n) is 4.85. The van der Waals surface area contributed by atoms with Crippen molar-refractivity contribution in [3.05, 3.63) is 36.0 Å². The molecular formula is C18H25N3O2S. The van der Waals surface area contributed by atoms with E-state index in [0.29, 0.717) is 22.9 Å². The first-order valence-electron chi connectivity index (χ1n) is 8.57. The van der Waals surface area contributed by atoms with Crippen molar-refractivity contribution >= 4 is 20.9 Å². The minimum Gasteiger partial charge on any atom is -0.299 e. The van der Waals surface area contributed by atoms with Crippen LogP contribution < -0.4 is 4.72 Å². The van der Waals surface area contributed by atoms with Gasteiger partial charge in [-0.15, -0.1) is 0 Å². The molecule has 0 saturated carbocycles. The summed E-state index contributed by atoms with van der Waals surface area (Å²) in [5.74, 6) is 0. The summed E-state index contributed by atoms with van der Waals surface area (Å²) >= 11 is 0. The molecule has 0 radical (unpaired) electrons. The number of likely N-dealkylation sites (tertiary alicyclic amines) is 1. The van der Waals surface area contributed by atoms with Gasteiger partial charge in [0.25, 0.3) is 0 Å². The molecule has 0 aliphatic carbocycles. The van der Waals surface area contributed by atoms with E-state index in [1.807, 2.05) is 19.1 Å². The molecule has 1 N–H and O–H groups in total. The molecular weight excluding hydrogens is 322 g/mol. The quantitative estimate of drug-likeness (QED) is 0.903. The second kappa shape index (κ2) is 7.17. The molecule has 1 saturated heterocycles. The number of benzene rings is 1. The van der Waals surface area contributed by atoms with Gasteiger partial charge in [0.1, 0.15) is 0 Å². The predicted molar refractivity (Wildman–Crippen MR) is 96.6 cm³/mol. The molecule has 1 atom stereocenters. The van der Waals surface area contributed by atoms with E-state index in [9.17, 15) is 8.42 Å². The summed E-state index contributed by atoms with van der Waals surface area (Å²) in [6.45, 7) is 6.40. The van der Waals surface area contributed by atoms with Gasteiger partial charge in [0.15, 0.2) is 0 Å². The van der Waals surface area contributed by atoms with Crippen molar-refractivity contribution in [2.75, 3.05) is 19.6 Å². The molecule has 5 nitrogen and oxygen atoms in total. The van der Waals surface area contributed by atoms with Gasteiger partial charge >= 0.3 is 0 Å². The van der Waals surface area contributed by atoms with Crippen LogP contribution in [-0.4, -0.2) is 44.0 Å². The van der Waals surface area contributed by atoms with E-state index in [-0.39, 0.29) is 0 Å². The molecule has 0 bridgehead atoms. The van der Waals surface area contributed by atoms with Gasteiger partial charge in [-0.05, 0) is 57.0 Å². The second-order valence-electron chi connectivity index (χ2n) is 6.56. The minimum atomic E-state index is -3.54. The zero-order valence-corrected chi connectivity index (χ0v) is 15.1. The fraction of sp³-hybridized carbons (Fsp3) is 0.500. The van der Waals surface area contributed by atoms with Crippen molar-refractivity contribution in [3.63, 3.8) is 0 Å². The van der Waals surface area contributed by atoms with Gasteiger partial charge in [-0.2, -0.15) is 0 Å². The fourth-order valence-corrected chi connectivity index (χ4v) is 4.63. The molecule has 1 aliphatic rings. The zero-order chi connectivity index (χ0) is 17.2. The summed E-state index contributed by atoms with van der Waals surface area (Å²) in [6, 6.07) is 7.61. The van der Waals surface area contributed by atoms with Crippen molar-refractivity contribution in [1.82, 2.24) is 14.6 Å². The molecule has 3 rings (SSSR count). The lowest BCUT2D eigenvalue weighted by Crippen LogP contribution is -2.42. The van der Waals surface area contributed by atoms with Crippen LogP contribution in [0.1, 0.15) is 31.7 Å². The summed E-state index contributed by atoms with van der Waals surface area (Å²) in [5, 5.41) is 0.677. The van der Waals surface area contributed by atoms with Crippen LogP contribution >= 0.6 is 0 Å². The molecule has 2 aromatic rings. The van der Waals surface area contributed by atoms with Crippen molar-refractivity contribution < 1.29 is 8.42 Å². The van der Waals surface area contributed by atoms with Gasteiger partial charge in [0, 0.05) is 30.7 Å². The fourth-order valence-electron chi connectivity index (χ4n) is 3.41. The Kier molecular flexibility index (Phi) is 5.18.